The molecule has 0 spiro atoms. The predicted octanol–water partition coefficient (Wildman–Crippen LogP) is 1.39. The van der Waals surface area contributed by atoms with Crippen molar-refractivity contribution in [2.75, 3.05) is 37.4 Å². The summed E-state index contributed by atoms with van der Waals surface area (Å²) in [6, 6.07) is 3.77. The zero-order valence-electron chi connectivity index (χ0n) is 14.5. The van der Waals surface area contributed by atoms with Gasteiger partial charge in [0.25, 0.3) is 5.56 Å². The number of anilines is 3. The van der Waals surface area contributed by atoms with Gasteiger partial charge in [-0.2, -0.15) is 10.2 Å². The van der Waals surface area contributed by atoms with Crippen LogP contribution in [0.5, 0.6) is 0 Å². The number of nitrogens with one attached hydrogen (secondary N) is 2. The monoisotopic (exact) mass is 331 g/mol. The van der Waals surface area contributed by atoms with Crippen LogP contribution in [-0.2, 0) is 13.1 Å². The lowest BCUT2D eigenvalue weighted by atomic mass is 10.3. The molecule has 2 aromatic rings. The normalized spacial score (nSPS) is 14.5. The average Bonchev–Trinajstić information content (AvgIpc) is 2.96. The van der Waals surface area contributed by atoms with Gasteiger partial charge in [-0.3, -0.25) is 14.4 Å². The van der Waals surface area contributed by atoms with Crippen LogP contribution in [0, 0.1) is 0 Å². The van der Waals surface area contributed by atoms with Gasteiger partial charge in [0, 0.05) is 38.8 Å². The summed E-state index contributed by atoms with van der Waals surface area (Å²) >= 11 is 0. The molecule has 0 saturated carbocycles. The molecule has 0 atom stereocenters. The van der Waals surface area contributed by atoms with Crippen LogP contribution in [0.3, 0.4) is 0 Å². The van der Waals surface area contributed by atoms with Crippen LogP contribution in [0.4, 0.5) is 17.3 Å². The number of nitrogens with zero attached hydrogens (tertiary/aromatic N) is 5. The lowest BCUT2D eigenvalue weighted by molar-refractivity contribution is 0.259. The van der Waals surface area contributed by atoms with Gasteiger partial charge in [0.15, 0.2) is 11.6 Å². The molecule has 1 aliphatic rings. The van der Waals surface area contributed by atoms with E-state index in [4.69, 9.17) is 0 Å². The van der Waals surface area contributed by atoms with E-state index in [0.29, 0.717) is 11.5 Å². The molecule has 2 N–H and O–H groups in total. The maximum Gasteiger partial charge on any atom is 0.288 e. The van der Waals surface area contributed by atoms with Crippen molar-refractivity contribution in [2.45, 2.75) is 32.9 Å². The Morgan fingerprint density at radius 2 is 2.21 bits per heavy atom. The fraction of sp³-hybridized carbons (Fsp3) is 0.562. The van der Waals surface area contributed by atoms with Crippen molar-refractivity contribution in [3.05, 3.63) is 28.2 Å². The second kappa shape index (κ2) is 7.04. The molecule has 0 radical (unpaired) electrons. The lowest BCUT2D eigenvalue weighted by Gasteiger charge is -2.22. The summed E-state index contributed by atoms with van der Waals surface area (Å²) in [4.78, 5) is 16.4. The van der Waals surface area contributed by atoms with E-state index in [1.807, 2.05) is 22.7 Å². The van der Waals surface area contributed by atoms with Crippen LogP contribution < -0.4 is 15.8 Å². The Bertz CT molecular complexity index is 751. The SMILES string of the molecule is CCCCN(C)c1cc(Nc2cc3n(n2)CCN(C)C3)c(=O)[nH]n1. The van der Waals surface area contributed by atoms with Crippen molar-refractivity contribution in [3.8, 4) is 0 Å². The first-order valence-corrected chi connectivity index (χ1v) is 8.40. The van der Waals surface area contributed by atoms with Crippen molar-refractivity contribution in [1.29, 1.82) is 0 Å². The number of fused-ring (bicyclic) bond motifs is 1. The molecule has 24 heavy (non-hydrogen) atoms. The summed E-state index contributed by atoms with van der Waals surface area (Å²) in [7, 11) is 4.07. The number of rotatable bonds is 6. The number of aromatic nitrogens is 4. The molecule has 0 unspecified atom stereocenters. The number of H-pyrrole nitrogens is 1. The maximum atomic E-state index is 12.1. The van der Waals surface area contributed by atoms with Gasteiger partial charge in [0.1, 0.15) is 5.69 Å². The topological polar surface area (TPSA) is 82.1 Å². The Morgan fingerprint density at radius 1 is 1.38 bits per heavy atom. The molecule has 0 aliphatic carbocycles. The van der Waals surface area contributed by atoms with Crippen molar-refractivity contribution in [2.24, 2.45) is 0 Å². The zero-order chi connectivity index (χ0) is 17.1. The lowest BCUT2D eigenvalue weighted by Crippen LogP contribution is -2.30. The third-order valence-corrected chi connectivity index (χ3v) is 4.28. The van der Waals surface area contributed by atoms with E-state index in [9.17, 15) is 4.79 Å². The smallest absolute Gasteiger partial charge is 0.288 e. The number of likely N-dealkylation sites (N-methyl/N-ethyl adjacent to an activating group) is 1. The quantitative estimate of drug-likeness (QED) is 0.832. The van der Waals surface area contributed by atoms with E-state index < -0.39 is 0 Å². The van der Waals surface area contributed by atoms with Crippen molar-refractivity contribution >= 4 is 17.3 Å². The minimum absolute atomic E-state index is 0.245. The summed E-state index contributed by atoms with van der Waals surface area (Å²) in [5, 5.41) is 14.4. The first kappa shape index (κ1) is 16.5. The Morgan fingerprint density at radius 3 is 3.00 bits per heavy atom. The van der Waals surface area contributed by atoms with E-state index in [1.54, 1.807) is 6.07 Å². The van der Waals surface area contributed by atoms with Gasteiger partial charge >= 0.3 is 0 Å². The van der Waals surface area contributed by atoms with Crippen LogP contribution >= 0.6 is 0 Å². The molecule has 0 amide bonds. The van der Waals surface area contributed by atoms with Crippen LogP contribution in [-0.4, -0.2) is 52.1 Å². The maximum absolute atomic E-state index is 12.1. The van der Waals surface area contributed by atoms with Gasteiger partial charge in [-0.25, -0.2) is 5.10 Å². The Labute approximate surface area is 141 Å². The molecule has 2 aromatic heterocycles. The highest BCUT2D eigenvalue weighted by molar-refractivity contribution is 5.59. The minimum atomic E-state index is -0.245. The molecule has 1 aliphatic heterocycles. The first-order valence-electron chi connectivity index (χ1n) is 8.40. The summed E-state index contributed by atoms with van der Waals surface area (Å²) in [6.07, 6.45) is 2.20. The summed E-state index contributed by atoms with van der Waals surface area (Å²) in [5.74, 6) is 1.44. The van der Waals surface area contributed by atoms with Gasteiger partial charge in [0.05, 0.1) is 12.2 Å². The number of hydrogen-bond acceptors (Lipinski definition) is 6. The van der Waals surface area contributed by atoms with Gasteiger partial charge in [-0.15, -0.1) is 0 Å². The third-order valence-electron chi connectivity index (χ3n) is 4.28. The van der Waals surface area contributed by atoms with Crippen molar-refractivity contribution < 1.29 is 0 Å². The number of hydrogen-bond donors (Lipinski definition) is 2. The molecule has 0 saturated heterocycles. The molecule has 0 bridgehead atoms. The van der Waals surface area contributed by atoms with Crippen LogP contribution in [0.25, 0.3) is 0 Å². The van der Waals surface area contributed by atoms with Gasteiger partial charge < -0.3 is 10.2 Å². The molecule has 0 fully saturated rings. The molecule has 8 heteroatoms. The molecule has 130 valence electrons. The average molecular weight is 331 g/mol. The van der Waals surface area contributed by atoms with Gasteiger partial charge in [-0.05, 0) is 13.5 Å². The number of aromatic amines is 1. The van der Waals surface area contributed by atoms with Crippen LogP contribution in [0.15, 0.2) is 16.9 Å². The molecular weight excluding hydrogens is 306 g/mol. The summed E-state index contributed by atoms with van der Waals surface area (Å²) in [6.45, 7) is 5.77. The van der Waals surface area contributed by atoms with Gasteiger partial charge in [0.2, 0.25) is 0 Å². The van der Waals surface area contributed by atoms with E-state index in [1.165, 1.54) is 0 Å². The third kappa shape index (κ3) is 3.59. The molecule has 0 aromatic carbocycles. The highest BCUT2D eigenvalue weighted by Gasteiger charge is 2.16. The Kier molecular flexibility index (Phi) is 4.84. The fourth-order valence-electron chi connectivity index (χ4n) is 2.79. The minimum Gasteiger partial charge on any atom is -0.358 e. The fourth-order valence-corrected chi connectivity index (χ4v) is 2.79. The molecule has 3 heterocycles. The largest absolute Gasteiger partial charge is 0.358 e. The highest BCUT2D eigenvalue weighted by Crippen LogP contribution is 2.19. The van der Waals surface area contributed by atoms with Crippen LogP contribution in [0.1, 0.15) is 25.5 Å². The van der Waals surface area contributed by atoms with E-state index in [2.05, 4.69) is 39.5 Å². The Balaban J connectivity index is 1.78. The second-order valence-corrected chi connectivity index (χ2v) is 6.35. The standard InChI is InChI=1S/C16H25N7O/c1-4-5-6-22(3)15-10-13(16(24)19-18-15)17-14-9-12-11-21(2)7-8-23(12)20-14/h9-10H,4-8,11H2,1-3H3,(H,19,24)(H,17,18,20). The highest BCUT2D eigenvalue weighted by atomic mass is 16.1. The van der Waals surface area contributed by atoms with Crippen molar-refractivity contribution in [1.82, 2.24) is 24.9 Å². The van der Waals surface area contributed by atoms with Crippen molar-refractivity contribution in [3.63, 3.8) is 0 Å². The Hall–Kier alpha value is -2.35. The van der Waals surface area contributed by atoms with Crippen LogP contribution in [0.2, 0.25) is 0 Å². The first-order chi connectivity index (χ1) is 11.6. The van der Waals surface area contributed by atoms with E-state index in [0.717, 1.165) is 50.5 Å². The zero-order valence-corrected chi connectivity index (χ0v) is 14.5. The molecular formula is C16H25N7O. The second-order valence-electron chi connectivity index (χ2n) is 6.35. The summed E-state index contributed by atoms with van der Waals surface area (Å²) in [5.41, 5.74) is 1.37. The van der Waals surface area contributed by atoms with E-state index in [-0.39, 0.29) is 5.56 Å². The molecule has 8 nitrogen and oxygen atoms in total. The predicted molar refractivity (Wildman–Crippen MR) is 94.9 cm³/mol. The molecule has 3 rings (SSSR count). The number of unbranched alkanes of at least 4 members (excludes halogenated alkanes) is 1. The summed E-state index contributed by atoms with van der Waals surface area (Å²) < 4.78 is 1.99. The van der Waals surface area contributed by atoms with Gasteiger partial charge in [-0.1, -0.05) is 13.3 Å². The van der Waals surface area contributed by atoms with E-state index >= 15 is 0 Å².